The van der Waals surface area contributed by atoms with Crippen LogP contribution in [0.1, 0.15) is 5.56 Å². The maximum Gasteiger partial charge on any atom is 0.261 e. The van der Waals surface area contributed by atoms with Crippen LogP contribution < -0.4 is 0 Å². The number of halogens is 3. The van der Waals surface area contributed by atoms with Crippen LogP contribution in [0, 0.1) is 0 Å². The minimum atomic E-state index is -3.57. The van der Waals surface area contributed by atoms with Crippen molar-refractivity contribution in [1.29, 1.82) is 0 Å². The lowest BCUT2D eigenvalue weighted by Gasteiger charge is -1.96. The molecule has 13 heavy (non-hydrogen) atoms. The summed E-state index contributed by atoms with van der Waals surface area (Å²) in [5.74, 6) is 0. The van der Waals surface area contributed by atoms with Crippen molar-refractivity contribution in [2.24, 2.45) is 0 Å². The van der Waals surface area contributed by atoms with Gasteiger partial charge in [-0.1, -0.05) is 28.1 Å². The molecule has 0 bridgehead atoms. The van der Waals surface area contributed by atoms with Crippen LogP contribution in [-0.4, -0.2) is 8.42 Å². The Bertz CT molecular complexity index is 361. The molecule has 1 rings (SSSR count). The molecular formula is C7H7BrCl2O2S. The summed E-state index contributed by atoms with van der Waals surface area (Å²) >= 11 is 3.25. The summed E-state index contributed by atoms with van der Waals surface area (Å²) in [6.07, 6.45) is 0. The van der Waals surface area contributed by atoms with E-state index in [4.69, 9.17) is 10.7 Å². The van der Waals surface area contributed by atoms with E-state index < -0.39 is 9.05 Å². The smallest absolute Gasteiger partial charge is 0.207 e. The monoisotopic (exact) mass is 304 g/mol. The molecule has 0 aromatic heterocycles. The van der Waals surface area contributed by atoms with E-state index in [0.717, 1.165) is 5.56 Å². The zero-order valence-electron chi connectivity index (χ0n) is 6.41. The van der Waals surface area contributed by atoms with Gasteiger partial charge in [-0.2, -0.15) is 0 Å². The highest BCUT2D eigenvalue weighted by Crippen LogP contribution is 2.16. The van der Waals surface area contributed by atoms with Crippen molar-refractivity contribution >= 4 is 48.1 Å². The van der Waals surface area contributed by atoms with Gasteiger partial charge < -0.3 is 0 Å². The molecule has 1 aromatic rings. The molecule has 0 saturated heterocycles. The normalized spacial score (nSPS) is 10.6. The highest BCUT2D eigenvalue weighted by Gasteiger charge is 2.08. The second kappa shape index (κ2) is 5.20. The molecule has 0 N–H and O–H groups in total. The van der Waals surface area contributed by atoms with Crippen molar-refractivity contribution in [2.75, 3.05) is 0 Å². The van der Waals surface area contributed by atoms with Crippen LogP contribution >= 0.6 is 39.0 Å². The fraction of sp³-hybridized carbons (Fsp3) is 0.143. The standard InChI is InChI=1S/C7H6BrClO2S.ClH/c8-5-6-1-3-7(4-2-6)12(9,10)11;/h1-4H,5H2;1H. The Kier molecular flexibility index (Phi) is 5.29. The third-order valence-electron chi connectivity index (χ3n) is 1.36. The number of hydrogen-bond donors (Lipinski definition) is 0. The Labute approximate surface area is 96.2 Å². The summed E-state index contributed by atoms with van der Waals surface area (Å²) in [7, 11) is 1.54. The number of rotatable bonds is 2. The van der Waals surface area contributed by atoms with E-state index >= 15 is 0 Å². The van der Waals surface area contributed by atoms with Crippen molar-refractivity contribution in [3.8, 4) is 0 Å². The molecule has 0 spiro atoms. The van der Waals surface area contributed by atoms with E-state index in [9.17, 15) is 8.42 Å². The maximum absolute atomic E-state index is 10.8. The summed E-state index contributed by atoms with van der Waals surface area (Å²) in [5, 5.41) is 0.704. The van der Waals surface area contributed by atoms with Crippen molar-refractivity contribution in [2.45, 2.75) is 10.2 Å². The molecule has 0 unspecified atom stereocenters. The lowest BCUT2D eigenvalue weighted by atomic mass is 10.2. The quantitative estimate of drug-likeness (QED) is 0.622. The summed E-state index contributed by atoms with van der Waals surface area (Å²) in [6, 6.07) is 6.39. The summed E-state index contributed by atoms with van der Waals surface area (Å²) in [6.45, 7) is 0. The zero-order valence-corrected chi connectivity index (χ0v) is 10.4. The molecule has 0 fully saturated rings. The third kappa shape index (κ3) is 3.85. The average molecular weight is 306 g/mol. The molecule has 74 valence electrons. The first-order valence-electron chi connectivity index (χ1n) is 3.13. The first-order chi connectivity index (χ1) is 5.54. The van der Waals surface area contributed by atoms with Crippen LogP contribution in [0.25, 0.3) is 0 Å². The largest absolute Gasteiger partial charge is 0.261 e. The first-order valence-corrected chi connectivity index (χ1v) is 6.56. The van der Waals surface area contributed by atoms with E-state index in [2.05, 4.69) is 15.9 Å². The minimum Gasteiger partial charge on any atom is -0.207 e. The molecule has 0 radical (unpaired) electrons. The molecule has 0 heterocycles. The molecule has 0 amide bonds. The molecule has 0 saturated carbocycles. The molecule has 6 heteroatoms. The van der Waals surface area contributed by atoms with Crippen molar-refractivity contribution in [1.82, 2.24) is 0 Å². The molecule has 0 atom stereocenters. The molecule has 0 aliphatic carbocycles. The van der Waals surface area contributed by atoms with E-state index in [1.54, 1.807) is 12.1 Å². The number of benzene rings is 1. The van der Waals surface area contributed by atoms with E-state index in [-0.39, 0.29) is 17.3 Å². The fourth-order valence-corrected chi connectivity index (χ4v) is 1.88. The van der Waals surface area contributed by atoms with Crippen LogP contribution in [0.5, 0.6) is 0 Å². The van der Waals surface area contributed by atoms with Crippen molar-refractivity contribution in [3.63, 3.8) is 0 Å². The molecular weight excluding hydrogens is 299 g/mol. The summed E-state index contributed by atoms with van der Waals surface area (Å²) in [4.78, 5) is 0.133. The molecule has 0 aliphatic heterocycles. The Morgan fingerprint density at radius 2 is 1.69 bits per heavy atom. The Morgan fingerprint density at radius 3 is 2.00 bits per heavy atom. The predicted molar refractivity (Wildman–Crippen MR) is 59.4 cm³/mol. The summed E-state index contributed by atoms with van der Waals surface area (Å²) in [5.41, 5.74) is 1.01. The lowest BCUT2D eigenvalue weighted by molar-refractivity contribution is 0.609. The number of alkyl halides is 1. The predicted octanol–water partition coefficient (Wildman–Crippen LogP) is 2.93. The van der Waals surface area contributed by atoms with Gasteiger partial charge in [-0.25, -0.2) is 8.42 Å². The van der Waals surface area contributed by atoms with Crippen LogP contribution in [0.15, 0.2) is 29.2 Å². The topological polar surface area (TPSA) is 34.1 Å². The molecule has 0 aliphatic rings. The van der Waals surface area contributed by atoms with E-state index in [0.29, 0.717) is 5.33 Å². The van der Waals surface area contributed by atoms with Gasteiger partial charge in [0.1, 0.15) is 0 Å². The Hall–Kier alpha value is 0.230. The minimum absolute atomic E-state index is 0. The van der Waals surface area contributed by atoms with Gasteiger partial charge in [-0.05, 0) is 17.7 Å². The van der Waals surface area contributed by atoms with Gasteiger partial charge >= 0.3 is 0 Å². The van der Waals surface area contributed by atoms with E-state index in [1.165, 1.54) is 12.1 Å². The highest BCUT2D eigenvalue weighted by molar-refractivity contribution is 9.08. The average Bonchev–Trinajstić information content (AvgIpc) is 2.03. The Morgan fingerprint density at radius 1 is 1.23 bits per heavy atom. The van der Waals surface area contributed by atoms with Crippen LogP contribution in [-0.2, 0) is 14.4 Å². The second-order valence-corrected chi connectivity index (χ2v) is 5.34. The Balaban J connectivity index is 0.00000144. The highest BCUT2D eigenvalue weighted by atomic mass is 79.9. The van der Waals surface area contributed by atoms with Gasteiger partial charge in [0.25, 0.3) is 9.05 Å². The number of hydrogen-bond acceptors (Lipinski definition) is 2. The van der Waals surface area contributed by atoms with Gasteiger partial charge in [-0.15, -0.1) is 12.4 Å². The SMILES string of the molecule is Cl.O=S(=O)(Cl)c1ccc(CBr)cc1. The second-order valence-electron chi connectivity index (χ2n) is 2.22. The van der Waals surface area contributed by atoms with Gasteiger partial charge in [0.2, 0.25) is 0 Å². The first kappa shape index (κ1) is 13.2. The van der Waals surface area contributed by atoms with E-state index in [1.807, 2.05) is 0 Å². The van der Waals surface area contributed by atoms with Gasteiger partial charge in [-0.3, -0.25) is 0 Å². The van der Waals surface area contributed by atoms with Crippen molar-refractivity contribution in [3.05, 3.63) is 29.8 Å². The third-order valence-corrected chi connectivity index (χ3v) is 3.38. The fourth-order valence-electron chi connectivity index (χ4n) is 0.741. The van der Waals surface area contributed by atoms with Gasteiger partial charge in [0.15, 0.2) is 0 Å². The lowest BCUT2D eigenvalue weighted by Crippen LogP contribution is -1.89. The molecule has 2 nitrogen and oxygen atoms in total. The van der Waals surface area contributed by atoms with Crippen LogP contribution in [0.3, 0.4) is 0 Å². The maximum atomic E-state index is 10.8. The van der Waals surface area contributed by atoms with Gasteiger partial charge in [0.05, 0.1) is 4.90 Å². The van der Waals surface area contributed by atoms with Gasteiger partial charge in [0, 0.05) is 16.0 Å². The summed E-state index contributed by atoms with van der Waals surface area (Å²) < 4.78 is 21.6. The van der Waals surface area contributed by atoms with Crippen LogP contribution in [0.2, 0.25) is 0 Å². The van der Waals surface area contributed by atoms with Crippen LogP contribution in [0.4, 0.5) is 0 Å². The zero-order chi connectivity index (χ0) is 9.19. The van der Waals surface area contributed by atoms with Crippen molar-refractivity contribution < 1.29 is 8.42 Å². The molecule has 1 aromatic carbocycles.